The Hall–Kier alpha value is -1.69. The molecule has 0 aliphatic carbocycles. The Balaban J connectivity index is 1.39. The molecule has 0 aromatic heterocycles. The number of carboxylic acid groups (broad SMARTS) is 1. The highest BCUT2D eigenvalue weighted by Crippen LogP contribution is 2.51. The molecular weight excluding hydrogens is 463 g/mol. The summed E-state index contributed by atoms with van der Waals surface area (Å²) in [6, 6.07) is -0.444. The highest BCUT2D eigenvalue weighted by Gasteiger charge is 2.60. The summed E-state index contributed by atoms with van der Waals surface area (Å²) >= 11 is 1.44. The number of alkyl halides is 1. The van der Waals surface area contributed by atoms with Crippen LogP contribution in [0.5, 0.6) is 0 Å². The number of likely N-dealkylation sites (N-methyl/N-ethyl adjacent to an activating group) is 1. The van der Waals surface area contributed by atoms with Crippen LogP contribution in [0.3, 0.4) is 0 Å². The van der Waals surface area contributed by atoms with Crippen molar-refractivity contribution in [1.29, 1.82) is 0 Å². The Morgan fingerprint density at radius 3 is 2.68 bits per heavy atom. The molecule has 0 saturated carbocycles. The van der Waals surface area contributed by atoms with Crippen LogP contribution in [0.4, 0.5) is 4.39 Å². The zero-order valence-electron chi connectivity index (χ0n) is 20.2. The van der Waals surface area contributed by atoms with E-state index in [0.29, 0.717) is 42.0 Å². The van der Waals surface area contributed by atoms with Gasteiger partial charge < -0.3 is 29.8 Å². The predicted molar refractivity (Wildman–Crippen MR) is 125 cm³/mol. The molecule has 0 bridgehead atoms. The number of quaternary nitrogens is 1. The van der Waals surface area contributed by atoms with E-state index in [1.807, 2.05) is 25.9 Å². The number of likely N-dealkylation sites (tertiary alicyclic amines) is 1. The zero-order valence-corrected chi connectivity index (χ0v) is 21.1. The Morgan fingerprint density at radius 2 is 2.06 bits per heavy atom. The molecule has 190 valence electrons. The highest BCUT2D eigenvalue weighted by molar-refractivity contribution is 8.03. The van der Waals surface area contributed by atoms with Gasteiger partial charge in [-0.3, -0.25) is 9.59 Å². The number of carboxylic acids is 1. The molecule has 4 aliphatic heterocycles. The minimum Gasteiger partial charge on any atom is -0.477 e. The van der Waals surface area contributed by atoms with Crippen molar-refractivity contribution in [2.75, 3.05) is 46.9 Å². The van der Waals surface area contributed by atoms with Crippen LogP contribution >= 0.6 is 11.8 Å². The van der Waals surface area contributed by atoms with Crippen molar-refractivity contribution in [1.82, 2.24) is 15.1 Å². The van der Waals surface area contributed by atoms with Gasteiger partial charge in [-0.1, -0.05) is 6.92 Å². The molecule has 3 fully saturated rings. The van der Waals surface area contributed by atoms with Gasteiger partial charge in [0.2, 0.25) is 11.8 Å². The third kappa shape index (κ3) is 4.25. The number of carbonyl (C=O) groups is 3. The molecule has 0 spiro atoms. The second-order valence-electron chi connectivity index (χ2n) is 10.6. The fourth-order valence-electron chi connectivity index (χ4n) is 5.97. The predicted octanol–water partition coefficient (Wildman–Crippen LogP) is 0.251. The van der Waals surface area contributed by atoms with Crippen LogP contribution in [-0.4, -0.2) is 119 Å². The van der Waals surface area contributed by atoms with Crippen molar-refractivity contribution in [2.45, 2.75) is 56.2 Å². The Kier molecular flexibility index (Phi) is 7.03. The number of nitrogens with one attached hydrogen (secondary N) is 1. The first-order valence-electron chi connectivity index (χ1n) is 12.0. The average molecular weight is 500 g/mol. The highest BCUT2D eigenvalue weighted by atomic mass is 32.2. The van der Waals surface area contributed by atoms with Gasteiger partial charge in [-0.25, -0.2) is 9.18 Å². The third-order valence-electron chi connectivity index (χ3n) is 8.12. The number of thioether (sulfide) groups is 1. The lowest BCUT2D eigenvalue weighted by atomic mass is 9.79. The molecule has 7 atom stereocenters. The fourth-order valence-corrected chi connectivity index (χ4v) is 7.45. The maximum atomic E-state index is 13.2. The van der Waals surface area contributed by atoms with Crippen LogP contribution < -0.4 is 5.32 Å². The smallest absolute Gasteiger partial charge is 0.353 e. The summed E-state index contributed by atoms with van der Waals surface area (Å²) in [6.45, 7) is 5.38. The first-order valence-corrected chi connectivity index (χ1v) is 12.9. The molecule has 34 heavy (non-hydrogen) atoms. The molecule has 3 N–H and O–H groups in total. The van der Waals surface area contributed by atoms with Gasteiger partial charge >= 0.3 is 5.97 Å². The summed E-state index contributed by atoms with van der Waals surface area (Å²) in [5.41, 5.74) is 0.0226. The van der Waals surface area contributed by atoms with E-state index in [2.05, 4.69) is 5.32 Å². The quantitative estimate of drug-likeness (QED) is 0.324. The van der Waals surface area contributed by atoms with E-state index in [4.69, 9.17) is 0 Å². The summed E-state index contributed by atoms with van der Waals surface area (Å²) < 4.78 is 13.5. The zero-order chi connectivity index (χ0) is 24.9. The Bertz CT molecular complexity index is 897. The SMILES string of the molecule is C[C@@H](O)[C@H]1C(=O)N2C(C(=O)O)=C(S[C@@H]3CN[C@H](C(=O)N4CC[C@H]([N+](C)(C)CCF)C4)C3)[C@H](C)[C@H]12. The summed E-state index contributed by atoms with van der Waals surface area (Å²) in [4.78, 5) is 41.6. The summed E-state index contributed by atoms with van der Waals surface area (Å²) in [5.74, 6) is -2.19. The Labute approximate surface area is 203 Å². The number of fused-ring (bicyclic) bond motifs is 1. The number of amides is 2. The fraction of sp³-hybridized carbons (Fsp3) is 0.783. The van der Waals surface area contributed by atoms with Crippen LogP contribution in [0.1, 0.15) is 26.7 Å². The number of aliphatic carboxylic acids is 1. The lowest BCUT2D eigenvalue weighted by Crippen LogP contribution is -2.63. The van der Waals surface area contributed by atoms with E-state index >= 15 is 0 Å². The van der Waals surface area contributed by atoms with Crippen molar-refractivity contribution < 1.29 is 33.5 Å². The summed E-state index contributed by atoms with van der Waals surface area (Å²) in [6.07, 6.45) is 0.601. The molecule has 0 aromatic rings. The summed E-state index contributed by atoms with van der Waals surface area (Å²) in [7, 11) is 4.01. The maximum absolute atomic E-state index is 13.2. The monoisotopic (exact) mass is 499 g/mol. The van der Waals surface area contributed by atoms with Crippen molar-refractivity contribution in [3.63, 3.8) is 0 Å². The third-order valence-corrected chi connectivity index (χ3v) is 9.63. The van der Waals surface area contributed by atoms with Gasteiger partial charge in [-0.05, 0) is 13.3 Å². The maximum Gasteiger partial charge on any atom is 0.353 e. The molecule has 3 saturated heterocycles. The van der Waals surface area contributed by atoms with E-state index in [-0.39, 0.29) is 53.5 Å². The molecule has 0 aromatic carbocycles. The van der Waals surface area contributed by atoms with Crippen molar-refractivity contribution >= 4 is 29.5 Å². The van der Waals surface area contributed by atoms with Gasteiger partial charge in [-0.15, -0.1) is 11.8 Å². The Morgan fingerprint density at radius 1 is 1.35 bits per heavy atom. The van der Waals surface area contributed by atoms with Crippen LogP contribution in [0, 0.1) is 11.8 Å². The number of nitrogens with zero attached hydrogens (tertiary/aromatic N) is 3. The largest absolute Gasteiger partial charge is 0.477 e. The van der Waals surface area contributed by atoms with Crippen LogP contribution in [0.2, 0.25) is 0 Å². The van der Waals surface area contributed by atoms with Crippen LogP contribution in [0.25, 0.3) is 0 Å². The number of aliphatic hydroxyl groups is 1. The van der Waals surface area contributed by atoms with E-state index < -0.39 is 18.0 Å². The molecule has 4 heterocycles. The first kappa shape index (κ1) is 25.4. The van der Waals surface area contributed by atoms with Crippen LogP contribution in [-0.2, 0) is 14.4 Å². The molecule has 4 aliphatic rings. The minimum absolute atomic E-state index is 0.0108. The van der Waals surface area contributed by atoms with Gasteiger partial charge in [-0.2, -0.15) is 0 Å². The number of halogens is 1. The molecule has 2 amide bonds. The van der Waals surface area contributed by atoms with Gasteiger partial charge in [0.25, 0.3) is 0 Å². The van der Waals surface area contributed by atoms with Crippen molar-refractivity contribution in [3.05, 3.63) is 10.6 Å². The lowest BCUT2D eigenvalue weighted by molar-refractivity contribution is -0.912. The molecule has 9 nitrogen and oxygen atoms in total. The minimum atomic E-state index is -1.13. The number of rotatable bonds is 8. The lowest BCUT2D eigenvalue weighted by Gasteiger charge is -2.46. The van der Waals surface area contributed by atoms with Gasteiger partial charge in [0.1, 0.15) is 25.0 Å². The normalized spacial score (nSPS) is 34.5. The average Bonchev–Trinajstić information content (AvgIpc) is 3.46. The van der Waals surface area contributed by atoms with E-state index in [1.165, 1.54) is 16.7 Å². The van der Waals surface area contributed by atoms with E-state index in [0.717, 1.165) is 6.42 Å². The summed E-state index contributed by atoms with van der Waals surface area (Å²) in [5, 5.41) is 23.1. The van der Waals surface area contributed by atoms with Gasteiger partial charge in [0.15, 0.2) is 0 Å². The number of β-lactam (4-membered cyclic amide) rings is 1. The van der Waals surface area contributed by atoms with E-state index in [1.54, 1.807) is 6.92 Å². The van der Waals surface area contributed by atoms with E-state index in [9.17, 15) is 29.0 Å². The second-order valence-corrected chi connectivity index (χ2v) is 12.0. The van der Waals surface area contributed by atoms with Crippen LogP contribution in [0.15, 0.2) is 10.6 Å². The van der Waals surface area contributed by atoms with Crippen molar-refractivity contribution in [2.24, 2.45) is 11.8 Å². The molecule has 0 radical (unpaired) electrons. The van der Waals surface area contributed by atoms with Crippen molar-refractivity contribution in [3.8, 4) is 0 Å². The van der Waals surface area contributed by atoms with Gasteiger partial charge in [0, 0.05) is 35.6 Å². The first-order chi connectivity index (χ1) is 16.0. The number of hydrogen-bond acceptors (Lipinski definition) is 6. The molecule has 0 unspecified atom stereocenters. The molecule has 4 rings (SSSR count). The number of carbonyl (C=O) groups excluding carboxylic acids is 2. The topological polar surface area (TPSA) is 110 Å². The number of hydrogen-bond donors (Lipinski definition) is 3. The standard InChI is InChI=1S/C23H35FN4O5S/c1-12-18-17(13(2)29)22(31)27(18)19(23(32)33)20(12)34-15-9-16(25-10-15)21(30)26-7-5-14(11-26)28(3,4)8-6-24/h12-18,25,29H,5-11H2,1-4H3/p+1/t12-,13-,14+,15+,16+,17-,18-/m1/s1. The number of aliphatic hydroxyl groups excluding tert-OH is 1. The molecular formula is C23H36FN4O5S+. The molecule has 11 heteroatoms. The van der Waals surface area contributed by atoms with Gasteiger partial charge in [0.05, 0.1) is 44.7 Å². The second kappa shape index (κ2) is 9.40.